The molecule has 0 unspecified atom stereocenters. The smallest absolute Gasteiger partial charge is 0.128 e. The van der Waals surface area contributed by atoms with Crippen LogP contribution in [0.2, 0.25) is 5.15 Å². The van der Waals surface area contributed by atoms with Gasteiger partial charge < -0.3 is 15.0 Å². The number of nitrogens with one attached hydrogen (secondary N) is 1. The Morgan fingerprint density at radius 3 is 3.00 bits per heavy atom. The van der Waals surface area contributed by atoms with Gasteiger partial charge in [-0.1, -0.05) is 11.6 Å². The number of nitrogens with zero attached hydrogens (tertiary/aromatic N) is 2. The van der Waals surface area contributed by atoms with Gasteiger partial charge in [-0.05, 0) is 0 Å². The lowest BCUT2D eigenvalue weighted by atomic mass is 10.5. The van der Waals surface area contributed by atoms with E-state index < -0.39 is 0 Å². The van der Waals surface area contributed by atoms with Crippen LogP contribution in [0.1, 0.15) is 5.82 Å². The molecule has 1 aromatic heterocycles. The van der Waals surface area contributed by atoms with E-state index in [1.54, 1.807) is 10.8 Å². The fourth-order valence-corrected chi connectivity index (χ4v) is 1.01. The van der Waals surface area contributed by atoms with Crippen molar-refractivity contribution in [2.75, 3.05) is 13.2 Å². The predicted octanol–water partition coefficient (Wildman–Crippen LogP) is 0.155. The highest BCUT2D eigenvalue weighted by molar-refractivity contribution is 6.29. The number of aliphatic hydroxyl groups is 1. The third-order valence-corrected chi connectivity index (χ3v) is 1.95. The molecule has 0 fully saturated rings. The zero-order valence-corrected chi connectivity index (χ0v) is 7.67. The van der Waals surface area contributed by atoms with Gasteiger partial charge in [0.2, 0.25) is 0 Å². The summed E-state index contributed by atoms with van der Waals surface area (Å²) < 4.78 is 1.80. The van der Waals surface area contributed by atoms with E-state index in [4.69, 9.17) is 16.7 Å². The van der Waals surface area contributed by atoms with Crippen LogP contribution in [-0.4, -0.2) is 27.8 Å². The minimum atomic E-state index is 0.137. The molecule has 4 nitrogen and oxygen atoms in total. The fourth-order valence-electron chi connectivity index (χ4n) is 0.868. The van der Waals surface area contributed by atoms with E-state index in [0.717, 1.165) is 5.82 Å². The number of rotatable bonds is 4. The summed E-state index contributed by atoms with van der Waals surface area (Å²) in [5.41, 5.74) is 0. The lowest BCUT2D eigenvalue weighted by molar-refractivity contribution is 0.291. The largest absolute Gasteiger partial charge is 0.395 e. The average Bonchev–Trinajstić information content (AvgIpc) is 2.36. The highest BCUT2D eigenvalue weighted by Gasteiger charge is 2.02. The van der Waals surface area contributed by atoms with Crippen LogP contribution >= 0.6 is 11.6 Å². The van der Waals surface area contributed by atoms with Crippen molar-refractivity contribution in [3.63, 3.8) is 0 Å². The zero-order valence-electron chi connectivity index (χ0n) is 6.92. The highest BCUT2D eigenvalue weighted by atomic mass is 35.5. The summed E-state index contributed by atoms with van der Waals surface area (Å²) in [4.78, 5) is 4.07. The minimum Gasteiger partial charge on any atom is -0.395 e. The predicted molar refractivity (Wildman–Crippen MR) is 47.0 cm³/mol. The SMILES string of the molecule is Cn1c(Cl)cnc1CNCCO. The van der Waals surface area contributed by atoms with Crippen molar-refractivity contribution >= 4 is 11.6 Å². The molecule has 68 valence electrons. The Morgan fingerprint density at radius 2 is 2.50 bits per heavy atom. The second-order valence-electron chi connectivity index (χ2n) is 2.46. The minimum absolute atomic E-state index is 0.137. The molecule has 0 atom stereocenters. The van der Waals surface area contributed by atoms with E-state index in [9.17, 15) is 0 Å². The number of aromatic nitrogens is 2. The van der Waals surface area contributed by atoms with Crippen LogP contribution in [-0.2, 0) is 13.6 Å². The summed E-state index contributed by atoms with van der Waals surface area (Å²) >= 11 is 5.77. The molecule has 5 heteroatoms. The van der Waals surface area contributed by atoms with Gasteiger partial charge >= 0.3 is 0 Å². The Balaban J connectivity index is 2.46. The second kappa shape index (κ2) is 4.45. The molecule has 0 aromatic carbocycles. The number of aliphatic hydroxyl groups excluding tert-OH is 1. The molecule has 0 amide bonds. The van der Waals surface area contributed by atoms with Gasteiger partial charge in [0.05, 0.1) is 19.3 Å². The molecule has 0 bridgehead atoms. The molecule has 12 heavy (non-hydrogen) atoms. The molecule has 0 radical (unpaired) electrons. The summed E-state index contributed by atoms with van der Waals surface area (Å²) in [7, 11) is 1.85. The number of hydrogen-bond donors (Lipinski definition) is 2. The summed E-state index contributed by atoms with van der Waals surface area (Å²) in [6.45, 7) is 1.34. The first kappa shape index (κ1) is 9.51. The zero-order chi connectivity index (χ0) is 8.97. The van der Waals surface area contributed by atoms with Gasteiger partial charge in [-0.15, -0.1) is 0 Å². The first-order valence-corrected chi connectivity index (χ1v) is 4.11. The molecule has 0 aliphatic rings. The number of hydrogen-bond acceptors (Lipinski definition) is 3. The van der Waals surface area contributed by atoms with Crippen LogP contribution in [0.15, 0.2) is 6.20 Å². The molecular weight excluding hydrogens is 178 g/mol. The lowest BCUT2D eigenvalue weighted by Gasteiger charge is -2.02. The first-order chi connectivity index (χ1) is 5.75. The van der Waals surface area contributed by atoms with Crippen LogP contribution in [0.4, 0.5) is 0 Å². The Labute approximate surface area is 76.2 Å². The Morgan fingerprint density at radius 1 is 1.75 bits per heavy atom. The van der Waals surface area contributed by atoms with Crippen LogP contribution in [0.25, 0.3) is 0 Å². The Hall–Kier alpha value is -0.580. The van der Waals surface area contributed by atoms with Gasteiger partial charge in [0, 0.05) is 13.6 Å². The van der Waals surface area contributed by atoms with E-state index in [1.807, 2.05) is 7.05 Å². The average molecular weight is 190 g/mol. The molecule has 0 aliphatic heterocycles. The van der Waals surface area contributed by atoms with E-state index in [2.05, 4.69) is 10.3 Å². The number of halogens is 1. The molecule has 0 saturated carbocycles. The maximum absolute atomic E-state index is 8.50. The fraction of sp³-hybridized carbons (Fsp3) is 0.571. The molecule has 1 aromatic rings. The van der Waals surface area contributed by atoms with Crippen molar-refractivity contribution < 1.29 is 5.11 Å². The molecular formula is C7H12ClN3O. The standard InChI is InChI=1S/C7H12ClN3O/c1-11-6(8)4-10-7(11)5-9-2-3-12/h4,9,12H,2-3,5H2,1H3. The van der Waals surface area contributed by atoms with Gasteiger partial charge in [0.1, 0.15) is 11.0 Å². The summed E-state index contributed by atoms with van der Waals surface area (Å²) in [6, 6.07) is 0. The van der Waals surface area contributed by atoms with Gasteiger partial charge in [-0.25, -0.2) is 4.98 Å². The summed E-state index contributed by atoms with van der Waals surface area (Å²) in [5, 5.41) is 12.1. The quantitative estimate of drug-likeness (QED) is 0.664. The van der Waals surface area contributed by atoms with Crippen molar-refractivity contribution in [2.45, 2.75) is 6.54 Å². The van der Waals surface area contributed by atoms with Gasteiger partial charge in [-0.3, -0.25) is 0 Å². The van der Waals surface area contributed by atoms with Crippen molar-refractivity contribution in [3.8, 4) is 0 Å². The van der Waals surface area contributed by atoms with E-state index in [0.29, 0.717) is 18.2 Å². The van der Waals surface area contributed by atoms with E-state index >= 15 is 0 Å². The van der Waals surface area contributed by atoms with Crippen molar-refractivity contribution in [1.82, 2.24) is 14.9 Å². The monoisotopic (exact) mass is 189 g/mol. The lowest BCUT2D eigenvalue weighted by Crippen LogP contribution is -2.19. The summed E-state index contributed by atoms with van der Waals surface area (Å²) in [6.07, 6.45) is 1.61. The van der Waals surface area contributed by atoms with Crippen LogP contribution in [0, 0.1) is 0 Å². The second-order valence-corrected chi connectivity index (χ2v) is 2.84. The Kier molecular flexibility index (Phi) is 3.52. The van der Waals surface area contributed by atoms with Gasteiger partial charge in [0.15, 0.2) is 0 Å². The van der Waals surface area contributed by atoms with E-state index in [-0.39, 0.29) is 6.61 Å². The normalized spacial score (nSPS) is 10.6. The van der Waals surface area contributed by atoms with Gasteiger partial charge in [-0.2, -0.15) is 0 Å². The Bertz CT molecular complexity index is 249. The van der Waals surface area contributed by atoms with Crippen LogP contribution < -0.4 is 5.32 Å². The third-order valence-electron chi connectivity index (χ3n) is 1.60. The maximum atomic E-state index is 8.50. The molecule has 0 aliphatic carbocycles. The van der Waals surface area contributed by atoms with Crippen molar-refractivity contribution in [3.05, 3.63) is 17.2 Å². The van der Waals surface area contributed by atoms with E-state index in [1.165, 1.54) is 0 Å². The van der Waals surface area contributed by atoms with Gasteiger partial charge in [0.25, 0.3) is 0 Å². The third kappa shape index (κ3) is 2.20. The summed E-state index contributed by atoms with van der Waals surface area (Å²) in [5.74, 6) is 0.869. The molecule has 0 saturated heterocycles. The topological polar surface area (TPSA) is 50.1 Å². The van der Waals surface area contributed by atoms with Crippen LogP contribution in [0.5, 0.6) is 0 Å². The van der Waals surface area contributed by atoms with Crippen molar-refractivity contribution in [2.24, 2.45) is 7.05 Å². The molecule has 2 N–H and O–H groups in total. The number of imidazole rings is 1. The highest BCUT2D eigenvalue weighted by Crippen LogP contribution is 2.08. The van der Waals surface area contributed by atoms with Crippen LogP contribution in [0.3, 0.4) is 0 Å². The van der Waals surface area contributed by atoms with Crippen molar-refractivity contribution in [1.29, 1.82) is 0 Å². The molecule has 1 rings (SSSR count). The first-order valence-electron chi connectivity index (χ1n) is 3.73. The molecule has 1 heterocycles. The maximum Gasteiger partial charge on any atom is 0.128 e. The molecule has 0 spiro atoms.